The van der Waals surface area contributed by atoms with Gasteiger partial charge in [-0.25, -0.2) is 0 Å². The largest absolute Gasteiger partial charge is 0.462 e. The van der Waals surface area contributed by atoms with Gasteiger partial charge in [-0.1, -0.05) is 183 Å². The third-order valence-corrected chi connectivity index (χ3v) is 10.1. The Labute approximate surface area is 369 Å². The minimum atomic E-state index is -0.820. The van der Waals surface area contributed by atoms with Gasteiger partial charge in [0.2, 0.25) is 0 Å². The molecule has 342 valence electrons. The standard InChI is InChI=1S/C54H90O6/c1-4-7-10-13-16-19-22-25-26-27-28-30-32-35-38-41-44-47-53(56)59-50-51(49-58-52(55)46-43-40-37-34-31-24-21-18-15-12-9-6-3)60-54(57)48-45-42-39-36-33-29-23-20-17-14-11-8-5-2/h8,11,16-21,25-26,29,33,39,42,51H,4-7,9-10,12-15,22-24,27-28,30-32,34-38,40-41,43-50H2,1-3H3/b11-8-,19-16-,20-17-,21-18-,26-25-,33-29-,42-39-. The molecule has 6 nitrogen and oxygen atoms in total. The maximum absolute atomic E-state index is 12.7. The summed E-state index contributed by atoms with van der Waals surface area (Å²) in [5.41, 5.74) is 0. The first-order valence-electron chi connectivity index (χ1n) is 24.6. The quantitative estimate of drug-likeness (QED) is 0.0263. The van der Waals surface area contributed by atoms with Gasteiger partial charge in [0.1, 0.15) is 13.2 Å². The van der Waals surface area contributed by atoms with Gasteiger partial charge in [0.25, 0.3) is 0 Å². The number of allylic oxidation sites excluding steroid dienone is 14. The Bertz CT molecular complexity index is 1190. The van der Waals surface area contributed by atoms with Crippen molar-refractivity contribution in [1.82, 2.24) is 0 Å². The lowest BCUT2D eigenvalue weighted by molar-refractivity contribution is -0.166. The molecule has 0 fully saturated rings. The topological polar surface area (TPSA) is 78.9 Å². The Hall–Kier alpha value is -3.41. The van der Waals surface area contributed by atoms with Crippen LogP contribution in [0.3, 0.4) is 0 Å². The van der Waals surface area contributed by atoms with E-state index >= 15 is 0 Å². The van der Waals surface area contributed by atoms with Gasteiger partial charge in [-0.15, -0.1) is 0 Å². The summed E-state index contributed by atoms with van der Waals surface area (Å²) in [6, 6.07) is 0. The van der Waals surface area contributed by atoms with Crippen LogP contribution in [-0.2, 0) is 28.6 Å². The Kier molecular flexibility index (Phi) is 45.5. The number of rotatable bonds is 43. The van der Waals surface area contributed by atoms with Gasteiger partial charge >= 0.3 is 17.9 Å². The molecule has 0 radical (unpaired) electrons. The van der Waals surface area contributed by atoms with Crippen molar-refractivity contribution in [2.45, 2.75) is 226 Å². The van der Waals surface area contributed by atoms with Crippen LogP contribution in [0.25, 0.3) is 0 Å². The van der Waals surface area contributed by atoms with Crippen molar-refractivity contribution in [1.29, 1.82) is 0 Å². The summed E-state index contributed by atoms with van der Waals surface area (Å²) in [6.07, 6.45) is 61.5. The number of ether oxygens (including phenoxy) is 3. The van der Waals surface area contributed by atoms with E-state index in [2.05, 4.69) is 93.7 Å². The third kappa shape index (κ3) is 45.7. The molecule has 0 heterocycles. The first-order chi connectivity index (χ1) is 29.5. The highest BCUT2D eigenvalue weighted by atomic mass is 16.6. The third-order valence-electron chi connectivity index (χ3n) is 10.1. The molecule has 0 amide bonds. The summed E-state index contributed by atoms with van der Waals surface area (Å²) in [6.45, 7) is 6.38. The van der Waals surface area contributed by atoms with Crippen LogP contribution in [0.5, 0.6) is 0 Å². The number of hydrogen-bond donors (Lipinski definition) is 0. The molecule has 0 bridgehead atoms. The van der Waals surface area contributed by atoms with Crippen LogP contribution in [0.15, 0.2) is 85.1 Å². The average molecular weight is 835 g/mol. The minimum Gasteiger partial charge on any atom is -0.462 e. The molecular formula is C54H90O6. The SMILES string of the molecule is CC/C=C\C/C=C\C/C=C\C/C=C\CCC(=O)OC(COC(=O)CCCCCCC/C=C\CCCCC)COC(=O)CCCCCCCCC/C=C\C/C=C\CCCCC. The van der Waals surface area contributed by atoms with Crippen molar-refractivity contribution in [3.05, 3.63) is 85.1 Å². The second-order valence-electron chi connectivity index (χ2n) is 16.0. The molecule has 60 heavy (non-hydrogen) atoms. The number of carbonyl (C=O) groups is 3. The lowest BCUT2D eigenvalue weighted by Gasteiger charge is -2.18. The summed E-state index contributed by atoms with van der Waals surface area (Å²) in [5.74, 6) is -1.02. The summed E-state index contributed by atoms with van der Waals surface area (Å²) in [4.78, 5) is 37.8. The fourth-order valence-electron chi connectivity index (χ4n) is 6.42. The highest BCUT2D eigenvalue weighted by Crippen LogP contribution is 2.13. The Morgan fingerprint density at radius 1 is 0.350 bits per heavy atom. The molecule has 0 aromatic carbocycles. The maximum atomic E-state index is 12.7. The van der Waals surface area contributed by atoms with E-state index in [4.69, 9.17) is 14.2 Å². The Morgan fingerprint density at radius 3 is 1.10 bits per heavy atom. The van der Waals surface area contributed by atoms with Crippen molar-refractivity contribution < 1.29 is 28.6 Å². The van der Waals surface area contributed by atoms with E-state index < -0.39 is 12.1 Å². The summed E-state index contributed by atoms with van der Waals surface area (Å²) in [7, 11) is 0. The average Bonchev–Trinajstić information content (AvgIpc) is 3.24. The van der Waals surface area contributed by atoms with Crippen LogP contribution in [0.2, 0.25) is 0 Å². The second kappa shape index (κ2) is 48.3. The zero-order chi connectivity index (χ0) is 43.7. The second-order valence-corrected chi connectivity index (χ2v) is 16.0. The summed E-state index contributed by atoms with van der Waals surface area (Å²) >= 11 is 0. The molecule has 0 aromatic heterocycles. The predicted octanol–water partition coefficient (Wildman–Crippen LogP) is 16.0. The van der Waals surface area contributed by atoms with Crippen LogP contribution in [0.4, 0.5) is 0 Å². The van der Waals surface area contributed by atoms with E-state index in [0.29, 0.717) is 19.3 Å². The monoisotopic (exact) mass is 835 g/mol. The van der Waals surface area contributed by atoms with E-state index in [1.165, 1.54) is 83.5 Å². The number of esters is 3. The van der Waals surface area contributed by atoms with Crippen LogP contribution in [-0.4, -0.2) is 37.2 Å². The summed E-state index contributed by atoms with van der Waals surface area (Å²) in [5, 5.41) is 0. The molecule has 6 heteroatoms. The van der Waals surface area contributed by atoms with Gasteiger partial charge in [0.05, 0.1) is 0 Å². The molecule has 0 aliphatic rings. The fourth-order valence-corrected chi connectivity index (χ4v) is 6.42. The van der Waals surface area contributed by atoms with Crippen molar-refractivity contribution >= 4 is 17.9 Å². The first-order valence-corrected chi connectivity index (χ1v) is 24.6. The van der Waals surface area contributed by atoms with Gasteiger partial charge in [0.15, 0.2) is 6.10 Å². The maximum Gasteiger partial charge on any atom is 0.306 e. The van der Waals surface area contributed by atoms with Crippen LogP contribution < -0.4 is 0 Å². The number of carbonyl (C=O) groups excluding carboxylic acids is 3. The van der Waals surface area contributed by atoms with Crippen LogP contribution in [0.1, 0.15) is 220 Å². The van der Waals surface area contributed by atoms with E-state index in [9.17, 15) is 14.4 Å². The van der Waals surface area contributed by atoms with Gasteiger partial charge in [0, 0.05) is 19.3 Å². The molecular weight excluding hydrogens is 745 g/mol. The number of hydrogen-bond acceptors (Lipinski definition) is 6. The normalized spacial score (nSPS) is 12.8. The molecule has 0 rings (SSSR count). The Balaban J connectivity index is 4.48. The van der Waals surface area contributed by atoms with Crippen molar-refractivity contribution in [2.75, 3.05) is 13.2 Å². The molecule has 0 saturated heterocycles. The van der Waals surface area contributed by atoms with E-state index in [1.54, 1.807) is 0 Å². The molecule has 0 aliphatic heterocycles. The fraction of sp³-hybridized carbons (Fsp3) is 0.685. The van der Waals surface area contributed by atoms with E-state index in [1.807, 2.05) is 12.2 Å². The van der Waals surface area contributed by atoms with Crippen molar-refractivity contribution in [3.8, 4) is 0 Å². The van der Waals surface area contributed by atoms with Crippen LogP contribution in [0, 0.1) is 0 Å². The van der Waals surface area contributed by atoms with Gasteiger partial charge in [-0.05, 0) is 103 Å². The van der Waals surface area contributed by atoms with E-state index in [-0.39, 0.29) is 31.6 Å². The first kappa shape index (κ1) is 56.6. The lowest BCUT2D eigenvalue weighted by atomic mass is 10.1. The molecule has 0 aromatic rings. The smallest absolute Gasteiger partial charge is 0.306 e. The molecule has 0 N–H and O–H groups in total. The number of unbranched alkanes of at least 4 members (excludes halogenated alkanes) is 18. The van der Waals surface area contributed by atoms with Crippen LogP contribution >= 0.6 is 0 Å². The minimum absolute atomic E-state index is 0.113. The Morgan fingerprint density at radius 2 is 0.683 bits per heavy atom. The molecule has 1 unspecified atom stereocenters. The zero-order valence-corrected chi connectivity index (χ0v) is 38.9. The van der Waals surface area contributed by atoms with Gasteiger partial charge in [-0.3, -0.25) is 14.4 Å². The zero-order valence-electron chi connectivity index (χ0n) is 38.9. The van der Waals surface area contributed by atoms with Crippen molar-refractivity contribution in [2.24, 2.45) is 0 Å². The lowest BCUT2D eigenvalue weighted by Crippen LogP contribution is -2.30. The van der Waals surface area contributed by atoms with E-state index in [0.717, 1.165) is 89.9 Å². The molecule has 1 atom stereocenters. The van der Waals surface area contributed by atoms with Crippen molar-refractivity contribution in [3.63, 3.8) is 0 Å². The van der Waals surface area contributed by atoms with Gasteiger partial charge < -0.3 is 14.2 Å². The highest BCUT2D eigenvalue weighted by molar-refractivity contribution is 5.71. The molecule has 0 aliphatic carbocycles. The molecule has 0 spiro atoms. The summed E-state index contributed by atoms with van der Waals surface area (Å²) < 4.78 is 16.7. The predicted molar refractivity (Wildman–Crippen MR) is 256 cm³/mol. The molecule has 0 saturated carbocycles. The highest BCUT2D eigenvalue weighted by Gasteiger charge is 2.19. The van der Waals surface area contributed by atoms with Gasteiger partial charge in [-0.2, -0.15) is 0 Å².